The van der Waals surface area contributed by atoms with Gasteiger partial charge in [0.15, 0.2) is 0 Å². The molecule has 17 heavy (non-hydrogen) atoms. The minimum atomic E-state index is -0.444. The van der Waals surface area contributed by atoms with Gasteiger partial charge in [0, 0.05) is 10.5 Å². The van der Waals surface area contributed by atoms with Gasteiger partial charge in [-0.05, 0) is 18.6 Å². The van der Waals surface area contributed by atoms with Crippen LogP contribution in [0.5, 0.6) is 0 Å². The molecule has 0 unspecified atom stereocenters. The standard InChI is InChI=1S/C12H11NO3S/c1-2-16-11(15)5-10-9(7-14)4-3-8(6-13)12(10)17/h3-4,7,17H,2,5H2,1H3. The second kappa shape index (κ2) is 6.06. The zero-order chi connectivity index (χ0) is 12.8. The van der Waals surface area contributed by atoms with Crippen molar-refractivity contribution in [2.24, 2.45) is 0 Å². The predicted octanol–water partition coefficient (Wildman–Crippen LogP) is 1.77. The first-order valence-electron chi connectivity index (χ1n) is 4.99. The average molecular weight is 249 g/mol. The minimum Gasteiger partial charge on any atom is -0.466 e. The number of esters is 1. The summed E-state index contributed by atoms with van der Waals surface area (Å²) in [6.07, 6.45) is 0.575. The molecule has 0 radical (unpaired) electrons. The lowest BCUT2D eigenvalue weighted by atomic mass is 10.0. The quantitative estimate of drug-likeness (QED) is 0.501. The molecule has 0 aliphatic heterocycles. The molecule has 1 aromatic carbocycles. The first kappa shape index (κ1) is 13.3. The van der Waals surface area contributed by atoms with Crippen molar-refractivity contribution in [1.29, 1.82) is 5.26 Å². The molecule has 0 saturated heterocycles. The fourth-order valence-electron chi connectivity index (χ4n) is 1.39. The average Bonchev–Trinajstić information content (AvgIpc) is 2.32. The molecule has 0 atom stereocenters. The third kappa shape index (κ3) is 3.08. The van der Waals surface area contributed by atoms with E-state index < -0.39 is 5.97 Å². The van der Waals surface area contributed by atoms with E-state index in [9.17, 15) is 9.59 Å². The number of hydrogen-bond acceptors (Lipinski definition) is 5. The molecule has 0 aliphatic rings. The number of nitrogens with zero attached hydrogens (tertiary/aromatic N) is 1. The Balaban J connectivity index is 3.15. The molecular formula is C12H11NO3S. The molecule has 0 fully saturated rings. The Kier molecular flexibility index (Phi) is 4.73. The molecule has 88 valence electrons. The number of carbonyl (C=O) groups is 2. The van der Waals surface area contributed by atoms with Crippen molar-refractivity contribution in [2.45, 2.75) is 18.2 Å². The smallest absolute Gasteiger partial charge is 0.310 e. The van der Waals surface area contributed by atoms with Gasteiger partial charge in [-0.25, -0.2) is 0 Å². The lowest BCUT2D eigenvalue weighted by molar-refractivity contribution is -0.142. The Hall–Kier alpha value is -1.80. The van der Waals surface area contributed by atoms with Crippen molar-refractivity contribution in [2.75, 3.05) is 6.61 Å². The normalized spacial score (nSPS) is 9.47. The van der Waals surface area contributed by atoms with Crippen LogP contribution in [0.15, 0.2) is 17.0 Å². The zero-order valence-electron chi connectivity index (χ0n) is 9.27. The second-order valence-electron chi connectivity index (χ2n) is 3.24. The van der Waals surface area contributed by atoms with Crippen LogP contribution in [0.2, 0.25) is 0 Å². The Labute approximate surface area is 105 Å². The fourth-order valence-corrected chi connectivity index (χ4v) is 1.73. The number of thiol groups is 1. The summed E-state index contributed by atoms with van der Waals surface area (Å²) in [6, 6.07) is 4.95. The largest absolute Gasteiger partial charge is 0.466 e. The molecule has 0 bridgehead atoms. The summed E-state index contributed by atoms with van der Waals surface area (Å²) < 4.78 is 4.80. The van der Waals surface area contributed by atoms with Crippen molar-refractivity contribution in [3.63, 3.8) is 0 Å². The molecule has 0 amide bonds. The highest BCUT2D eigenvalue weighted by Gasteiger charge is 2.14. The van der Waals surface area contributed by atoms with Gasteiger partial charge in [0.2, 0.25) is 0 Å². The van der Waals surface area contributed by atoms with Crippen LogP contribution >= 0.6 is 12.6 Å². The Morgan fingerprint density at radius 3 is 2.82 bits per heavy atom. The number of hydrogen-bond donors (Lipinski definition) is 1. The minimum absolute atomic E-state index is 0.0593. The first-order valence-corrected chi connectivity index (χ1v) is 5.44. The highest BCUT2D eigenvalue weighted by Crippen LogP contribution is 2.22. The van der Waals surface area contributed by atoms with E-state index in [0.29, 0.717) is 27.9 Å². The van der Waals surface area contributed by atoms with E-state index in [0.717, 1.165) is 0 Å². The van der Waals surface area contributed by atoms with Crippen LogP contribution in [0.1, 0.15) is 28.4 Å². The van der Waals surface area contributed by atoms with Gasteiger partial charge in [0.05, 0.1) is 18.6 Å². The van der Waals surface area contributed by atoms with Crippen LogP contribution in [-0.2, 0) is 16.0 Å². The molecule has 5 heteroatoms. The summed E-state index contributed by atoms with van der Waals surface area (Å²) in [6.45, 7) is 1.97. The number of benzene rings is 1. The maximum absolute atomic E-state index is 11.4. The maximum atomic E-state index is 11.4. The summed E-state index contributed by atoms with van der Waals surface area (Å²) in [4.78, 5) is 22.6. The molecule has 0 aromatic heterocycles. The van der Waals surface area contributed by atoms with Gasteiger partial charge in [-0.2, -0.15) is 5.26 Å². The monoisotopic (exact) mass is 249 g/mol. The summed E-state index contributed by atoms with van der Waals surface area (Å²) in [5, 5.41) is 8.84. The second-order valence-corrected chi connectivity index (χ2v) is 3.69. The summed E-state index contributed by atoms with van der Waals surface area (Å²) in [5.74, 6) is -0.444. The number of rotatable bonds is 4. The predicted molar refractivity (Wildman–Crippen MR) is 64.1 cm³/mol. The van der Waals surface area contributed by atoms with Crippen LogP contribution < -0.4 is 0 Å². The van der Waals surface area contributed by atoms with Crippen LogP contribution in [-0.4, -0.2) is 18.9 Å². The van der Waals surface area contributed by atoms with Gasteiger partial charge in [-0.3, -0.25) is 9.59 Å². The van der Waals surface area contributed by atoms with Crippen molar-refractivity contribution in [3.05, 3.63) is 28.8 Å². The number of ether oxygens (including phenoxy) is 1. The van der Waals surface area contributed by atoms with E-state index in [-0.39, 0.29) is 13.0 Å². The molecule has 0 N–H and O–H groups in total. The van der Waals surface area contributed by atoms with E-state index in [2.05, 4.69) is 12.6 Å². The molecule has 0 saturated carbocycles. The first-order chi connectivity index (χ1) is 8.13. The van der Waals surface area contributed by atoms with Crippen LogP contribution in [0.3, 0.4) is 0 Å². The van der Waals surface area contributed by atoms with E-state index in [4.69, 9.17) is 10.00 Å². The molecule has 0 spiro atoms. The fraction of sp³-hybridized carbons (Fsp3) is 0.250. The Morgan fingerprint density at radius 2 is 2.29 bits per heavy atom. The van der Waals surface area contributed by atoms with Crippen molar-refractivity contribution in [1.82, 2.24) is 0 Å². The Morgan fingerprint density at radius 1 is 1.59 bits per heavy atom. The van der Waals surface area contributed by atoms with E-state index in [1.807, 2.05) is 6.07 Å². The number of aldehydes is 1. The van der Waals surface area contributed by atoms with Crippen LogP contribution in [0, 0.1) is 11.3 Å². The highest BCUT2D eigenvalue weighted by molar-refractivity contribution is 7.80. The summed E-state index contributed by atoms with van der Waals surface area (Å²) in [7, 11) is 0. The third-order valence-corrected chi connectivity index (χ3v) is 2.70. The van der Waals surface area contributed by atoms with Crippen molar-refractivity contribution >= 4 is 24.9 Å². The van der Waals surface area contributed by atoms with E-state index in [1.165, 1.54) is 12.1 Å². The molecule has 1 rings (SSSR count). The van der Waals surface area contributed by atoms with E-state index in [1.54, 1.807) is 6.92 Å². The molecule has 0 heterocycles. The molecule has 0 aliphatic carbocycles. The SMILES string of the molecule is CCOC(=O)Cc1c(C=O)ccc(C#N)c1S. The molecule has 1 aromatic rings. The molecule has 4 nitrogen and oxygen atoms in total. The topological polar surface area (TPSA) is 67.2 Å². The number of nitriles is 1. The van der Waals surface area contributed by atoms with Crippen molar-refractivity contribution in [3.8, 4) is 6.07 Å². The summed E-state index contributed by atoms with van der Waals surface area (Å²) in [5.41, 5.74) is 1.11. The van der Waals surface area contributed by atoms with Gasteiger partial charge in [-0.1, -0.05) is 6.07 Å². The van der Waals surface area contributed by atoms with Gasteiger partial charge < -0.3 is 4.74 Å². The highest BCUT2D eigenvalue weighted by atomic mass is 32.1. The maximum Gasteiger partial charge on any atom is 0.310 e. The van der Waals surface area contributed by atoms with Gasteiger partial charge in [-0.15, -0.1) is 12.6 Å². The van der Waals surface area contributed by atoms with E-state index >= 15 is 0 Å². The van der Waals surface area contributed by atoms with Gasteiger partial charge in [0.25, 0.3) is 0 Å². The summed E-state index contributed by atoms with van der Waals surface area (Å²) >= 11 is 4.17. The molecular weight excluding hydrogens is 238 g/mol. The zero-order valence-corrected chi connectivity index (χ0v) is 10.2. The Bertz CT molecular complexity index is 491. The van der Waals surface area contributed by atoms with Crippen molar-refractivity contribution < 1.29 is 14.3 Å². The third-order valence-electron chi connectivity index (χ3n) is 2.19. The van der Waals surface area contributed by atoms with Crippen LogP contribution in [0.4, 0.5) is 0 Å². The lowest BCUT2D eigenvalue weighted by Crippen LogP contribution is -2.10. The van der Waals surface area contributed by atoms with Gasteiger partial charge in [0.1, 0.15) is 12.4 Å². The number of carbonyl (C=O) groups excluding carboxylic acids is 2. The lowest BCUT2D eigenvalue weighted by Gasteiger charge is -2.09. The van der Waals surface area contributed by atoms with Gasteiger partial charge >= 0.3 is 5.97 Å². The van der Waals surface area contributed by atoms with Crippen LogP contribution in [0.25, 0.3) is 0 Å².